The van der Waals surface area contributed by atoms with Crippen LogP contribution in [0, 0.1) is 0 Å². The van der Waals surface area contributed by atoms with Crippen LogP contribution < -0.4 is 9.64 Å². The summed E-state index contributed by atoms with van der Waals surface area (Å²) >= 11 is 0. The highest BCUT2D eigenvalue weighted by molar-refractivity contribution is 6.54. The number of hydrogen-bond donors (Lipinski definition) is 0. The summed E-state index contributed by atoms with van der Waals surface area (Å²) in [5.74, 6) is 1.37. The molecule has 1 amide bonds. The van der Waals surface area contributed by atoms with Crippen LogP contribution in [0.4, 0.5) is 11.4 Å². The Morgan fingerprint density at radius 1 is 0.852 bits per heavy atom. The maximum absolute atomic E-state index is 12.9. The summed E-state index contributed by atoms with van der Waals surface area (Å²) in [5, 5.41) is 0. The molecule has 0 aromatic heterocycles. The van der Waals surface area contributed by atoms with Gasteiger partial charge in [-0.1, -0.05) is 42.5 Å². The van der Waals surface area contributed by atoms with E-state index in [9.17, 15) is 4.79 Å². The number of aliphatic imine (C=N–C) groups is 1. The van der Waals surface area contributed by atoms with Crippen molar-refractivity contribution in [3.05, 3.63) is 84.4 Å². The molecule has 4 heteroatoms. The Balaban J connectivity index is 1.70. The number of anilines is 1. The van der Waals surface area contributed by atoms with Gasteiger partial charge in [0.2, 0.25) is 0 Å². The Morgan fingerprint density at radius 3 is 2.33 bits per heavy atom. The van der Waals surface area contributed by atoms with Crippen molar-refractivity contribution in [1.29, 1.82) is 0 Å². The van der Waals surface area contributed by atoms with E-state index < -0.39 is 0 Å². The Bertz CT molecular complexity index is 1010. The van der Waals surface area contributed by atoms with Gasteiger partial charge in [0.05, 0.1) is 11.4 Å². The molecule has 1 heterocycles. The Labute approximate surface area is 158 Å². The number of para-hydroxylation sites is 2. The normalized spacial score (nSPS) is 14.7. The van der Waals surface area contributed by atoms with E-state index in [1.807, 2.05) is 92.7 Å². The van der Waals surface area contributed by atoms with Gasteiger partial charge in [-0.25, -0.2) is 4.99 Å². The maximum Gasteiger partial charge on any atom is 0.277 e. The fourth-order valence-corrected chi connectivity index (χ4v) is 3.21. The van der Waals surface area contributed by atoms with E-state index in [2.05, 4.69) is 4.99 Å². The van der Waals surface area contributed by atoms with Crippen LogP contribution in [0.15, 0.2) is 83.9 Å². The molecule has 0 unspecified atom stereocenters. The minimum atomic E-state index is -0.0689. The SMILES string of the molecule is CC(C)N1C(=O)C(=Nc2cccc(Oc3ccccc3)c2)c2ccccc21. The predicted molar refractivity (Wildman–Crippen MR) is 108 cm³/mol. The molecule has 0 fully saturated rings. The van der Waals surface area contributed by atoms with Gasteiger partial charge in [-0.3, -0.25) is 4.79 Å². The molecule has 4 nitrogen and oxygen atoms in total. The van der Waals surface area contributed by atoms with Crippen molar-refractivity contribution in [3.63, 3.8) is 0 Å². The number of hydrogen-bond acceptors (Lipinski definition) is 3. The van der Waals surface area contributed by atoms with Crippen LogP contribution in [0.5, 0.6) is 11.5 Å². The van der Waals surface area contributed by atoms with Gasteiger partial charge in [-0.2, -0.15) is 0 Å². The quantitative estimate of drug-likeness (QED) is 0.632. The number of rotatable bonds is 4. The summed E-state index contributed by atoms with van der Waals surface area (Å²) in [7, 11) is 0. The van der Waals surface area contributed by atoms with E-state index in [0.29, 0.717) is 17.1 Å². The summed E-state index contributed by atoms with van der Waals surface area (Å²) in [4.78, 5) is 19.4. The lowest BCUT2D eigenvalue weighted by Crippen LogP contribution is -2.35. The van der Waals surface area contributed by atoms with Crippen LogP contribution in [0.3, 0.4) is 0 Å². The number of carbonyl (C=O) groups is 1. The van der Waals surface area contributed by atoms with Crippen molar-refractivity contribution in [3.8, 4) is 11.5 Å². The minimum Gasteiger partial charge on any atom is -0.457 e. The zero-order valence-corrected chi connectivity index (χ0v) is 15.3. The zero-order chi connectivity index (χ0) is 18.8. The van der Waals surface area contributed by atoms with Gasteiger partial charge in [0.1, 0.15) is 17.2 Å². The molecule has 134 valence electrons. The predicted octanol–water partition coefficient (Wildman–Crippen LogP) is 5.35. The van der Waals surface area contributed by atoms with Crippen molar-refractivity contribution in [2.45, 2.75) is 19.9 Å². The summed E-state index contributed by atoms with van der Waals surface area (Å²) in [6.45, 7) is 4.01. The molecule has 0 N–H and O–H groups in total. The van der Waals surface area contributed by atoms with Gasteiger partial charge in [-0.05, 0) is 44.2 Å². The molecule has 1 aliphatic rings. The second-order valence-corrected chi connectivity index (χ2v) is 6.66. The fourth-order valence-electron chi connectivity index (χ4n) is 3.21. The second kappa shape index (κ2) is 7.08. The monoisotopic (exact) mass is 356 g/mol. The molecule has 0 atom stereocenters. The second-order valence-electron chi connectivity index (χ2n) is 6.66. The molecule has 3 aromatic carbocycles. The van der Waals surface area contributed by atoms with Crippen molar-refractivity contribution in [2.24, 2.45) is 4.99 Å². The highest BCUT2D eigenvalue weighted by Gasteiger charge is 2.35. The van der Waals surface area contributed by atoms with E-state index in [1.54, 1.807) is 4.90 Å². The van der Waals surface area contributed by atoms with Gasteiger partial charge in [0.15, 0.2) is 0 Å². The molecular formula is C23H20N2O2. The lowest BCUT2D eigenvalue weighted by Gasteiger charge is -2.20. The minimum absolute atomic E-state index is 0.0686. The summed E-state index contributed by atoms with van der Waals surface area (Å²) in [6.07, 6.45) is 0. The van der Waals surface area contributed by atoms with E-state index in [-0.39, 0.29) is 11.9 Å². The van der Waals surface area contributed by atoms with Gasteiger partial charge < -0.3 is 9.64 Å². The molecule has 1 aliphatic heterocycles. The highest BCUT2D eigenvalue weighted by atomic mass is 16.5. The van der Waals surface area contributed by atoms with Gasteiger partial charge in [-0.15, -0.1) is 0 Å². The lowest BCUT2D eigenvalue weighted by molar-refractivity contribution is -0.112. The Morgan fingerprint density at radius 2 is 1.56 bits per heavy atom. The van der Waals surface area contributed by atoms with Crippen LogP contribution in [0.1, 0.15) is 19.4 Å². The van der Waals surface area contributed by atoms with E-state index in [4.69, 9.17) is 4.74 Å². The molecule has 0 spiro atoms. The third-order valence-corrected chi connectivity index (χ3v) is 4.39. The largest absolute Gasteiger partial charge is 0.457 e. The first-order valence-corrected chi connectivity index (χ1v) is 8.98. The standard InChI is InChI=1S/C23H20N2O2/c1-16(2)25-21-14-7-6-13-20(21)22(23(25)26)24-17-9-8-12-19(15-17)27-18-10-4-3-5-11-18/h3-16H,1-2H3. The first-order valence-electron chi connectivity index (χ1n) is 8.98. The number of benzene rings is 3. The zero-order valence-electron chi connectivity index (χ0n) is 15.3. The maximum atomic E-state index is 12.9. The van der Waals surface area contributed by atoms with Crippen molar-refractivity contribution in [1.82, 2.24) is 0 Å². The molecule has 0 aliphatic carbocycles. The molecule has 0 bridgehead atoms. The van der Waals surface area contributed by atoms with Crippen molar-refractivity contribution < 1.29 is 9.53 Å². The summed E-state index contributed by atoms with van der Waals surface area (Å²) in [6, 6.07) is 24.9. The number of ether oxygens (including phenoxy) is 1. The smallest absolute Gasteiger partial charge is 0.277 e. The molecule has 0 saturated heterocycles. The Hall–Kier alpha value is -3.40. The van der Waals surface area contributed by atoms with Gasteiger partial charge >= 0.3 is 0 Å². The summed E-state index contributed by atoms with van der Waals surface area (Å²) in [5.41, 5.74) is 2.93. The van der Waals surface area contributed by atoms with Gasteiger partial charge in [0, 0.05) is 17.7 Å². The average Bonchev–Trinajstić information content (AvgIpc) is 2.95. The molecule has 0 saturated carbocycles. The van der Waals surface area contributed by atoms with Crippen LogP contribution >= 0.6 is 0 Å². The summed E-state index contributed by atoms with van der Waals surface area (Å²) < 4.78 is 5.87. The van der Waals surface area contributed by atoms with E-state index in [0.717, 1.165) is 17.0 Å². The molecule has 27 heavy (non-hydrogen) atoms. The van der Waals surface area contributed by atoms with Crippen LogP contribution in [-0.2, 0) is 4.79 Å². The Kier molecular flexibility index (Phi) is 4.47. The first-order chi connectivity index (χ1) is 13.1. The van der Waals surface area contributed by atoms with Crippen LogP contribution in [0.25, 0.3) is 0 Å². The third kappa shape index (κ3) is 3.34. The highest BCUT2D eigenvalue weighted by Crippen LogP contribution is 2.33. The van der Waals surface area contributed by atoms with Gasteiger partial charge in [0.25, 0.3) is 5.91 Å². The van der Waals surface area contributed by atoms with E-state index >= 15 is 0 Å². The van der Waals surface area contributed by atoms with Crippen molar-refractivity contribution in [2.75, 3.05) is 4.90 Å². The third-order valence-electron chi connectivity index (χ3n) is 4.39. The molecular weight excluding hydrogens is 336 g/mol. The van der Waals surface area contributed by atoms with Crippen LogP contribution in [-0.4, -0.2) is 17.7 Å². The molecule has 0 radical (unpaired) electrons. The first kappa shape index (κ1) is 17.0. The fraction of sp³-hybridized carbons (Fsp3) is 0.130. The lowest BCUT2D eigenvalue weighted by atomic mass is 10.1. The number of amides is 1. The average molecular weight is 356 g/mol. The molecule has 3 aromatic rings. The van der Waals surface area contributed by atoms with Crippen LogP contribution in [0.2, 0.25) is 0 Å². The number of carbonyl (C=O) groups excluding carboxylic acids is 1. The number of fused-ring (bicyclic) bond motifs is 1. The topological polar surface area (TPSA) is 41.9 Å². The van der Waals surface area contributed by atoms with E-state index in [1.165, 1.54) is 0 Å². The molecule has 4 rings (SSSR count). The van der Waals surface area contributed by atoms with Crippen molar-refractivity contribution >= 4 is 23.0 Å². The number of nitrogens with zero attached hydrogens (tertiary/aromatic N) is 2.